The molecule has 3 unspecified atom stereocenters. The first-order valence-electron chi connectivity index (χ1n) is 14.7. The molecule has 3 amide bonds. The van der Waals surface area contributed by atoms with E-state index in [1.54, 1.807) is 4.90 Å². The number of carbonyl (C=O) groups is 3. The van der Waals surface area contributed by atoms with Gasteiger partial charge in [-0.15, -0.1) is 0 Å². The minimum Gasteiger partial charge on any atom is -0.381 e. The molecule has 5 aliphatic heterocycles. The molecule has 2 bridgehead atoms. The Labute approximate surface area is 237 Å². The summed E-state index contributed by atoms with van der Waals surface area (Å²) in [6, 6.07) is 9.92. The van der Waals surface area contributed by atoms with E-state index < -0.39 is 11.9 Å². The van der Waals surface area contributed by atoms with E-state index in [2.05, 4.69) is 33.1 Å². The average molecular weight is 556 g/mol. The lowest BCUT2D eigenvalue weighted by Crippen LogP contribution is -2.52. The van der Waals surface area contributed by atoms with Gasteiger partial charge in [0.1, 0.15) is 11.7 Å². The van der Waals surface area contributed by atoms with E-state index in [-0.39, 0.29) is 24.3 Å². The molecule has 4 fully saturated rings. The Hall–Kier alpha value is -3.60. The second kappa shape index (κ2) is 9.75. The molecular weight excluding hydrogens is 522 g/mol. The summed E-state index contributed by atoms with van der Waals surface area (Å²) in [5.41, 5.74) is 5.54. The highest BCUT2D eigenvalue weighted by atomic mass is 16.5. The Morgan fingerprint density at radius 3 is 2.54 bits per heavy atom. The topological polar surface area (TPSA) is 106 Å². The number of imide groups is 1. The van der Waals surface area contributed by atoms with E-state index in [4.69, 9.17) is 14.5 Å². The maximum atomic E-state index is 13.2. The van der Waals surface area contributed by atoms with Crippen LogP contribution in [-0.4, -0.2) is 82.6 Å². The van der Waals surface area contributed by atoms with Gasteiger partial charge in [-0.05, 0) is 60.1 Å². The summed E-state index contributed by atoms with van der Waals surface area (Å²) in [5.74, 6) is 0.349. The highest BCUT2D eigenvalue weighted by Crippen LogP contribution is 2.35. The molecule has 41 heavy (non-hydrogen) atoms. The fourth-order valence-corrected chi connectivity index (χ4v) is 7.33. The number of nitrogens with one attached hydrogen (secondary N) is 1. The third-order valence-corrected chi connectivity index (χ3v) is 9.40. The normalized spacial score (nSPS) is 26.8. The Morgan fingerprint density at radius 2 is 1.78 bits per heavy atom. The zero-order chi connectivity index (χ0) is 27.7. The largest absolute Gasteiger partial charge is 0.381 e. The molecule has 10 nitrogen and oxygen atoms in total. The van der Waals surface area contributed by atoms with Crippen LogP contribution in [0.3, 0.4) is 0 Å². The summed E-state index contributed by atoms with van der Waals surface area (Å²) in [7, 11) is 0. The number of amides is 3. The first kappa shape index (κ1) is 25.1. The van der Waals surface area contributed by atoms with Gasteiger partial charge in [0.05, 0.1) is 38.2 Å². The molecule has 3 aromatic rings. The lowest BCUT2D eigenvalue weighted by molar-refractivity contribution is -0.136. The van der Waals surface area contributed by atoms with Gasteiger partial charge in [0, 0.05) is 55.3 Å². The zero-order valence-electron chi connectivity index (χ0n) is 22.9. The van der Waals surface area contributed by atoms with Crippen molar-refractivity contribution in [2.24, 2.45) is 11.8 Å². The van der Waals surface area contributed by atoms with Crippen LogP contribution in [0.1, 0.15) is 46.8 Å². The van der Waals surface area contributed by atoms with Crippen molar-refractivity contribution in [2.45, 2.75) is 44.4 Å². The molecule has 3 atom stereocenters. The molecule has 7 heterocycles. The van der Waals surface area contributed by atoms with Gasteiger partial charge in [0.2, 0.25) is 11.8 Å². The minimum absolute atomic E-state index is 0.163. The number of nitrogens with zero attached hydrogens (tertiary/aromatic N) is 4. The molecule has 5 aliphatic rings. The molecule has 212 valence electrons. The van der Waals surface area contributed by atoms with Crippen molar-refractivity contribution in [1.82, 2.24) is 24.7 Å². The van der Waals surface area contributed by atoms with Gasteiger partial charge in [0.25, 0.3) is 5.91 Å². The Bertz CT molecular complexity index is 1570. The SMILES string of the molecule is O=C1CCC(N2Cc3cc(-c4cc(CN5CC6COCC(C6)C5)c5ccn(C6COC6)c5n4)ccc3C2=O)C(=O)N1. The summed E-state index contributed by atoms with van der Waals surface area (Å²) in [4.78, 5) is 46.7. The Kier molecular flexibility index (Phi) is 5.98. The summed E-state index contributed by atoms with van der Waals surface area (Å²) in [5, 5.41) is 3.55. The first-order valence-corrected chi connectivity index (χ1v) is 14.7. The van der Waals surface area contributed by atoms with E-state index in [0.29, 0.717) is 43.6 Å². The van der Waals surface area contributed by atoms with E-state index in [1.807, 2.05) is 18.2 Å². The van der Waals surface area contributed by atoms with Gasteiger partial charge in [-0.25, -0.2) is 4.98 Å². The van der Waals surface area contributed by atoms with Crippen LogP contribution in [0.25, 0.3) is 22.3 Å². The van der Waals surface area contributed by atoms with Crippen molar-refractivity contribution >= 4 is 28.8 Å². The van der Waals surface area contributed by atoms with Crippen LogP contribution in [0, 0.1) is 11.8 Å². The van der Waals surface area contributed by atoms with Gasteiger partial charge in [-0.1, -0.05) is 6.07 Å². The predicted octanol–water partition coefficient (Wildman–Crippen LogP) is 2.50. The van der Waals surface area contributed by atoms with E-state index in [1.165, 1.54) is 17.4 Å². The number of rotatable bonds is 5. The molecule has 8 rings (SSSR count). The van der Waals surface area contributed by atoms with Crippen LogP contribution in [0.4, 0.5) is 0 Å². The van der Waals surface area contributed by atoms with Crippen LogP contribution in [-0.2, 0) is 32.2 Å². The lowest BCUT2D eigenvalue weighted by atomic mass is 9.88. The number of benzene rings is 1. The summed E-state index contributed by atoms with van der Waals surface area (Å²) >= 11 is 0. The number of pyridine rings is 1. The molecule has 0 saturated carbocycles. The highest BCUT2D eigenvalue weighted by molar-refractivity contribution is 6.05. The van der Waals surface area contributed by atoms with Gasteiger partial charge in [0.15, 0.2) is 0 Å². The summed E-state index contributed by atoms with van der Waals surface area (Å²) in [6.07, 6.45) is 3.99. The monoisotopic (exact) mass is 555 g/mol. The van der Waals surface area contributed by atoms with Gasteiger partial charge < -0.3 is 18.9 Å². The number of piperidine rings is 2. The van der Waals surface area contributed by atoms with Gasteiger partial charge in [-0.2, -0.15) is 0 Å². The maximum Gasteiger partial charge on any atom is 0.255 e. The lowest BCUT2D eigenvalue weighted by Gasteiger charge is -2.41. The van der Waals surface area contributed by atoms with E-state index in [9.17, 15) is 14.4 Å². The van der Waals surface area contributed by atoms with Crippen LogP contribution < -0.4 is 5.32 Å². The fourth-order valence-electron chi connectivity index (χ4n) is 7.33. The predicted molar refractivity (Wildman–Crippen MR) is 149 cm³/mol. The quantitative estimate of drug-likeness (QED) is 0.483. The Balaban J connectivity index is 1.13. The number of hydrogen-bond acceptors (Lipinski definition) is 7. The number of aromatic nitrogens is 2. The smallest absolute Gasteiger partial charge is 0.255 e. The molecule has 10 heteroatoms. The van der Waals surface area contributed by atoms with Crippen LogP contribution in [0.5, 0.6) is 0 Å². The van der Waals surface area contributed by atoms with Gasteiger partial charge >= 0.3 is 0 Å². The third-order valence-electron chi connectivity index (χ3n) is 9.40. The zero-order valence-corrected chi connectivity index (χ0v) is 22.9. The van der Waals surface area contributed by atoms with Gasteiger partial charge in [-0.3, -0.25) is 24.6 Å². The fraction of sp³-hybridized carbons (Fsp3) is 0.484. The highest BCUT2D eigenvalue weighted by Gasteiger charge is 2.39. The molecule has 0 aliphatic carbocycles. The van der Waals surface area contributed by atoms with Crippen LogP contribution in [0.15, 0.2) is 36.5 Å². The van der Waals surface area contributed by atoms with Crippen molar-refractivity contribution in [3.63, 3.8) is 0 Å². The van der Waals surface area contributed by atoms with E-state index in [0.717, 1.165) is 55.3 Å². The standard InChI is InChI=1S/C31H33N5O5/c37-28-4-3-27(30(38)33-28)36-13-21-8-20(1-2-25(21)31(36)39)26-9-22(12-34-10-18-7-19(11-34)15-40-14-18)24-5-6-35(29(24)32-26)23-16-41-17-23/h1-2,5-6,8-9,18-19,23,27H,3-4,7,10-17H2,(H,33,37,38). The number of hydrogen-bond donors (Lipinski definition) is 1. The first-order chi connectivity index (χ1) is 20.0. The number of carbonyl (C=O) groups excluding carboxylic acids is 3. The van der Waals surface area contributed by atoms with Crippen molar-refractivity contribution in [1.29, 1.82) is 0 Å². The van der Waals surface area contributed by atoms with Crippen molar-refractivity contribution in [3.05, 3.63) is 53.2 Å². The van der Waals surface area contributed by atoms with Crippen LogP contribution in [0.2, 0.25) is 0 Å². The second-order valence-corrected chi connectivity index (χ2v) is 12.3. The van der Waals surface area contributed by atoms with Crippen molar-refractivity contribution in [2.75, 3.05) is 39.5 Å². The number of ether oxygens (including phenoxy) is 2. The Morgan fingerprint density at radius 1 is 0.976 bits per heavy atom. The number of likely N-dealkylation sites (tertiary alicyclic amines) is 1. The summed E-state index contributed by atoms with van der Waals surface area (Å²) in [6.45, 7) is 6.38. The second-order valence-electron chi connectivity index (χ2n) is 12.3. The molecule has 1 N–H and O–H groups in total. The molecule has 2 aromatic heterocycles. The van der Waals surface area contributed by atoms with Crippen LogP contribution >= 0.6 is 0 Å². The third kappa shape index (κ3) is 4.36. The summed E-state index contributed by atoms with van der Waals surface area (Å²) < 4.78 is 13.6. The maximum absolute atomic E-state index is 13.2. The van der Waals surface area contributed by atoms with Crippen molar-refractivity contribution < 1.29 is 23.9 Å². The molecule has 0 spiro atoms. The average Bonchev–Trinajstić information content (AvgIpc) is 3.48. The van der Waals surface area contributed by atoms with E-state index >= 15 is 0 Å². The van der Waals surface area contributed by atoms with Crippen molar-refractivity contribution in [3.8, 4) is 11.3 Å². The molecular formula is C31H33N5O5. The molecule has 0 radical (unpaired) electrons. The minimum atomic E-state index is -0.625. The number of fused-ring (bicyclic) bond motifs is 4. The molecule has 4 saturated heterocycles. The molecule has 1 aromatic carbocycles.